The van der Waals surface area contributed by atoms with E-state index in [1.807, 2.05) is 60.4 Å². The highest BCUT2D eigenvalue weighted by Crippen LogP contribution is 2.30. The number of anilines is 4. The smallest absolute Gasteiger partial charge is 0.328 e. The molecule has 0 amide bonds. The number of hydrogen-bond donors (Lipinski definition) is 2. The Kier molecular flexibility index (Phi) is 8.00. The highest BCUT2D eigenvalue weighted by molar-refractivity contribution is 5.94. The van der Waals surface area contributed by atoms with E-state index in [0.29, 0.717) is 5.69 Å². The van der Waals surface area contributed by atoms with Crippen LogP contribution >= 0.6 is 0 Å². The van der Waals surface area contributed by atoms with Crippen molar-refractivity contribution in [2.75, 3.05) is 42.8 Å². The van der Waals surface area contributed by atoms with Crippen LogP contribution in [-0.2, 0) is 16.0 Å². The van der Waals surface area contributed by atoms with Crippen molar-refractivity contribution < 1.29 is 14.3 Å². The van der Waals surface area contributed by atoms with Crippen LogP contribution in [0.25, 0.3) is 10.8 Å². The van der Waals surface area contributed by atoms with Crippen LogP contribution in [0.5, 0.6) is 5.75 Å². The fourth-order valence-electron chi connectivity index (χ4n) is 5.30. The summed E-state index contributed by atoms with van der Waals surface area (Å²) in [5.74, 6) is 0.969. The number of carbonyl (C=O) groups excluding carboxylic acids is 1. The number of rotatable bonds is 9. The number of esters is 1. The largest absolute Gasteiger partial charge is 0.497 e. The van der Waals surface area contributed by atoms with Crippen LogP contribution in [0.15, 0.2) is 58.1 Å². The molecule has 0 unspecified atom stereocenters. The minimum atomic E-state index is -0.812. The molecule has 2 N–H and O–H groups in total. The molecule has 1 fully saturated rings. The summed E-state index contributed by atoms with van der Waals surface area (Å²) in [4.78, 5) is 44.3. The molecular weight excluding hydrogens is 508 g/mol. The van der Waals surface area contributed by atoms with Gasteiger partial charge in [-0.1, -0.05) is 31.0 Å². The number of nitrogens with one attached hydrogen (secondary N) is 2. The first-order chi connectivity index (χ1) is 19.4. The van der Waals surface area contributed by atoms with E-state index in [1.54, 1.807) is 7.11 Å². The molecule has 1 aliphatic heterocycles. The molecule has 9 nitrogen and oxygen atoms in total. The van der Waals surface area contributed by atoms with E-state index in [1.165, 1.54) is 7.11 Å². The zero-order chi connectivity index (χ0) is 28.2. The highest BCUT2D eigenvalue weighted by Gasteiger charge is 2.30. The number of ether oxygens (including phenoxy) is 2. The SMILES string of the molecule is COC(=O)[C@H](Cc1ccc(Nc2nc(C)cc3ccc(OC)cc23)cc1)Nc1c(N2CCCCCC2)c(=O)c1=O. The maximum absolute atomic E-state index is 12.7. The number of methoxy groups -OCH3 is 2. The molecule has 1 saturated heterocycles. The third-order valence-corrected chi connectivity index (χ3v) is 7.44. The summed E-state index contributed by atoms with van der Waals surface area (Å²) >= 11 is 0. The summed E-state index contributed by atoms with van der Waals surface area (Å²) in [5, 5.41) is 8.44. The Hall–Kier alpha value is -4.40. The van der Waals surface area contributed by atoms with Gasteiger partial charge in [0.05, 0.1) is 14.2 Å². The van der Waals surface area contributed by atoms with E-state index < -0.39 is 22.9 Å². The van der Waals surface area contributed by atoms with Gasteiger partial charge in [-0.2, -0.15) is 0 Å². The van der Waals surface area contributed by atoms with Gasteiger partial charge in [-0.25, -0.2) is 9.78 Å². The predicted molar refractivity (Wildman–Crippen MR) is 158 cm³/mol. The fourth-order valence-corrected chi connectivity index (χ4v) is 5.30. The van der Waals surface area contributed by atoms with Gasteiger partial charge in [0, 0.05) is 36.3 Å². The quantitative estimate of drug-likeness (QED) is 0.234. The zero-order valence-electron chi connectivity index (χ0n) is 23.1. The van der Waals surface area contributed by atoms with Crippen molar-refractivity contribution >= 4 is 39.6 Å². The van der Waals surface area contributed by atoms with Gasteiger partial charge >= 0.3 is 5.97 Å². The van der Waals surface area contributed by atoms with Crippen LogP contribution in [0.1, 0.15) is 36.9 Å². The van der Waals surface area contributed by atoms with E-state index in [2.05, 4.69) is 15.6 Å². The second kappa shape index (κ2) is 11.8. The summed E-state index contributed by atoms with van der Waals surface area (Å²) in [6, 6.07) is 14.7. The average Bonchev–Trinajstić information content (AvgIpc) is 3.25. The molecule has 1 atom stereocenters. The Morgan fingerprint density at radius 3 is 2.38 bits per heavy atom. The first kappa shape index (κ1) is 27.2. The highest BCUT2D eigenvalue weighted by atomic mass is 16.5. The number of fused-ring (bicyclic) bond motifs is 1. The molecule has 40 heavy (non-hydrogen) atoms. The van der Waals surface area contributed by atoms with Gasteiger partial charge in [-0.05, 0) is 61.0 Å². The lowest BCUT2D eigenvalue weighted by Crippen LogP contribution is -2.46. The second-order valence-corrected chi connectivity index (χ2v) is 10.2. The lowest BCUT2D eigenvalue weighted by atomic mass is 10.0. The van der Waals surface area contributed by atoms with Gasteiger partial charge in [0.25, 0.3) is 10.9 Å². The van der Waals surface area contributed by atoms with Crippen LogP contribution in [0, 0.1) is 6.92 Å². The van der Waals surface area contributed by atoms with Gasteiger partial charge in [0.15, 0.2) is 0 Å². The minimum absolute atomic E-state index is 0.216. The van der Waals surface area contributed by atoms with Crippen LogP contribution < -0.4 is 31.1 Å². The van der Waals surface area contributed by atoms with Gasteiger partial charge < -0.3 is 25.0 Å². The number of aryl methyl sites for hydroxylation is 1. The number of carbonyl (C=O) groups is 1. The third-order valence-electron chi connectivity index (χ3n) is 7.44. The average molecular weight is 543 g/mol. The topological polar surface area (TPSA) is 110 Å². The standard InChI is InChI=1S/C31H34N4O5/c1-19-16-21-10-13-23(39-2)18-24(21)30(32-19)33-22-11-8-20(9-12-22)17-25(31(38)40-3)34-26-27(29(37)28(26)36)35-14-6-4-5-7-15-35/h8-13,16,18,25,34H,4-7,14-15,17H2,1-3H3,(H,32,33)/t25-/m0/s1. The van der Waals surface area contributed by atoms with E-state index in [-0.39, 0.29) is 12.1 Å². The maximum Gasteiger partial charge on any atom is 0.328 e. The van der Waals surface area contributed by atoms with Crippen molar-refractivity contribution in [2.45, 2.75) is 45.1 Å². The molecule has 9 heteroatoms. The Labute approximate surface area is 232 Å². The minimum Gasteiger partial charge on any atom is -0.497 e. The molecule has 2 heterocycles. The first-order valence-corrected chi connectivity index (χ1v) is 13.6. The molecule has 0 spiro atoms. The van der Waals surface area contributed by atoms with Gasteiger partial charge in [-0.15, -0.1) is 0 Å². The number of hydrogen-bond acceptors (Lipinski definition) is 9. The van der Waals surface area contributed by atoms with Gasteiger partial charge in [-0.3, -0.25) is 9.59 Å². The van der Waals surface area contributed by atoms with Gasteiger partial charge in [0.2, 0.25) is 0 Å². The van der Waals surface area contributed by atoms with E-state index in [4.69, 9.17) is 9.47 Å². The second-order valence-electron chi connectivity index (χ2n) is 10.2. The van der Waals surface area contributed by atoms with Gasteiger partial charge in [0.1, 0.15) is 29.0 Å². The predicted octanol–water partition coefficient (Wildman–Crippen LogP) is 4.47. The Morgan fingerprint density at radius 1 is 0.975 bits per heavy atom. The van der Waals surface area contributed by atoms with Crippen LogP contribution in [0.4, 0.5) is 22.9 Å². The summed E-state index contributed by atoms with van der Waals surface area (Å²) in [6.07, 6.45) is 4.44. The number of nitrogens with zero attached hydrogens (tertiary/aromatic N) is 2. The Bertz CT molecular complexity index is 1580. The van der Waals surface area contributed by atoms with Crippen LogP contribution in [-0.4, -0.2) is 44.3 Å². The first-order valence-electron chi connectivity index (χ1n) is 13.6. The molecule has 0 bridgehead atoms. The van der Waals surface area contributed by atoms with E-state index in [9.17, 15) is 14.4 Å². The van der Waals surface area contributed by atoms with Crippen molar-refractivity contribution in [3.8, 4) is 5.75 Å². The summed E-state index contributed by atoms with van der Waals surface area (Å²) in [6.45, 7) is 3.41. The molecule has 0 saturated carbocycles. The van der Waals surface area contributed by atoms with E-state index >= 15 is 0 Å². The molecule has 1 aliphatic rings. The molecule has 5 rings (SSSR count). The molecule has 0 aliphatic carbocycles. The summed E-state index contributed by atoms with van der Waals surface area (Å²) < 4.78 is 10.4. The van der Waals surface area contributed by atoms with Crippen LogP contribution in [0.3, 0.4) is 0 Å². The van der Waals surface area contributed by atoms with E-state index in [0.717, 1.165) is 78.1 Å². The molecule has 4 aromatic rings. The Balaban J connectivity index is 1.34. The van der Waals surface area contributed by atoms with Crippen molar-refractivity contribution in [2.24, 2.45) is 0 Å². The van der Waals surface area contributed by atoms with Crippen LogP contribution in [0.2, 0.25) is 0 Å². The molecular formula is C31H34N4O5. The number of benzene rings is 2. The summed E-state index contributed by atoms with van der Waals surface area (Å²) in [5.41, 5.74) is 2.14. The maximum atomic E-state index is 12.7. The molecule has 0 radical (unpaired) electrons. The number of pyridine rings is 1. The van der Waals surface area contributed by atoms with Crippen molar-refractivity contribution in [1.29, 1.82) is 0 Å². The molecule has 3 aromatic carbocycles. The lowest BCUT2D eigenvalue weighted by molar-refractivity contribution is -0.141. The van der Waals surface area contributed by atoms with Crippen molar-refractivity contribution in [1.82, 2.24) is 4.98 Å². The number of aromatic nitrogens is 1. The fraction of sp³-hybridized carbons (Fsp3) is 0.355. The van der Waals surface area contributed by atoms with Crippen molar-refractivity contribution in [3.05, 3.63) is 80.2 Å². The normalized spacial score (nSPS) is 14.5. The molecule has 1 aromatic heterocycles. The summed E-state index contributed by atoms with van der Waals surface area (Å²) in [7, 11) is 2.95. The third kappa shape index (κ3) is 5.64. The Morgan fingerprint density at radius 2 is 1.70 bits per heavy atom. The monoisotopic (exact) mass is 542 g/mol. The molecule has 208 valence electrons. The zero-order valence-corrected chi connectivity index (χ0v) is 23.1. The lowest BCUT2D eigenvalue weighted by Gasteiger charge is -2.28. The van der Waals surface area contributed by atoms with Crippen molar-refractivity contribution in [3.63, 3.8) is 0 Å².